The van der Waals surface area contributed by atoms with E-state index in [2.05, 4.69) is 42.9 Å². The van der Waals surface area contributed by atoms with Crippen LogP contribution in [0.3, 0.4) is 0 Å². The molecule has 2 heterocycles. The van der Waals surface area contributed by atoms with E-state index < -0.39 is 0 Å². The number of hydrogen-bond donors (Lipinski definition) is 1. The van der Waals surface area contributed by atoms with Gasteiger partial charge in [-0.3, -0.25) is 9.67 Å². The summed E-state index contributed by atoms with van der Waals surface area (Å²) in [7, 11) is 1.83. The molecule has 154 valence electrons. The molecule has 6 nitrogen and oxygen atoms in total. The van der Waals surface area contributed by atoms with Gasteiger partial charge in [-0.25, -0.2) is 4.39 Å². The van der Waals surface area contributed by atoms with Gasteiger partial charge in [0.1, 0.15) is 5.82 Å². The molecule has 0 bridgehead atoms. The van der Waals surface area contributed by atoms with Gasteiger partial charge in [0.25, 0.3) is 0 Å². The number of rotatable bonds is 5. The van der Waals surface area contributed by atoms with Crippen molar-refractivity contribution >= 4 is 35.6 Å². The second-order valence-electron chi connectivity index (χ2n) is 6.93. The van der Waals surface area contributed by atoms with Crippen molar-refractivity contribution in [1.29, 1.82) is 0 Å². The molecule has 0 amide bonds. The van der Waals surface area contributed by atoms with Crippen LogP contribution in [0.1, 0.15) is 17.8 Å². The van der Waals surface area contributed by atoms with Crippen molar-refractivity contribution in [3.8, 4) is 0 Å². The van der Waals surface area contributed by atoms with Gasteiger partial charge in [0.15, 0.2) is 5.96 Å². The summed E-state index contributed by atoms with van der Waals surface area (Å²) >= 11 is 0. The molecule has 8 heteroatoms. The summed E-state index contributed by atoms with van der Waals surface area (Å²) in [5.74, 6) is 0.754. The minimum Gasteiger partial charge on any atom is -0.368 e. The van der Waals surface area contributed by atoms with Crippen LogP contribution in [0.5, 0.6) is 0 Å². The molecule has 3 rings (SSSR count). The minimum absolute atomic E-state index is 0. The Morgan fingerprint density at radius 3 is 2.39 bits per heavy atom. The van der Waals surface area contributed by atoms with Crippen molar-refractivity contribution in [1.82, 2.24) is 20.0 Å². The highest BCUT2D eigenvalue weighted by molar-refractivity contribution is 14.0. The highest BCUT2D eigenvalue weighted by Crippen LogP contribution is 2.16. The number of nitrogens with one attached hydrogen (secondary N) is 1. The van der Waals surface area contributed by atoms with Crippen LogP contribution in [0.25, 0.3) is 0 Å². The molecule has 1 aromatic heterocycles. The normalized spacial score (nSPS) is 14.8. The highest BCUT2D eigenvalue weighted by Gasteiger charge is 2.19. The van der Waals surface area contributed by atoms with Crippen LogP contribution < -0.4 is 10.2 Å². The van der Waals surface area contributed by atoms with Gasteiger partial charge >= 0.3 is 0 Å². The van der Waals surface area contributed by atoms with Crippen LogP contribution in [-0.2, 0) is 6.54 Å². The summed E-state index contributed by atoms with van der Waals surface area (Å²) in [6.45, 7) is 9.48. The molecule has 1 aliphatic heterocycles. The summed E-state index contributed by atoms with van der Waals surface area (Å²) in [6, 6.07) is 8.83. The first kappa shape index (κ1) is 22.4. The summed E-state index contributed by atoms with van der Waals surface area (Å²) in [6.07, 6.45) is 0.997. The van der Waals surface area contributed by atoms with E-state index >= 15 is 0 Å². The number of piperazine rings is 1. The lowest BCUT2D eigenvalue weighted by Crippen LogP contribution is -2.52. The van der Waals surface area contributed by atoms with Gasteiger partial charge in [0.2, 0.25) is 0 Å². The molecule has 0 radical (unpaired) electrons. The van der Waals surface area contributed by atoms with E-state index in [0.717, 1.165) is 63.0 Å². The lowest BCUT2D eigenvalue weighted by molar-refractivity contribution is 0.371. The third kappa shape index (κ3) is 5.83. The largest absolute Gasteiger partial charge is 0.368 e. The molecule has 28 heavy (non-hydrogen) atoms. The summed E-state index contributed by atoms with van der Waals surface area (Å²) in [5, 5.41) is 7.96. The smallest absolute Gasteiger partial charge is 0.193 e. The van der Waals surface area contributed by atoms with Gasteiger partial charge in [0, 0.05) is 57.7 Å². The van der Waals surface area contributed by atoms with Crippen LogP contribution in [-0.4, -0.2) is 60.4 Å². The Hall–Kier alpha value is -1.84. The number of benzene rings is 1. The molecule has 0 unspecified atom stereocenters. The Kier molecular flexibility index (Phi) is 8.53. The Labute approximate surface area is 183 Å². The first-order valence-electron chi connectivity index (χ1n) is 9.54. The van der Waals surface area contributed by atoms with Crippen LogP contribution in [0.2, 0.25) is 0 Å². The SMILES string of the molecule is CN=C(NCCCn1nc(C)cc1C)N1CCN(c2ccc(F)cc2)CC1.I. The molecule has 0 saturated carbocycles. The van der Waals surface area contributed by atoms with Gasteiger partial charge in [-0.2, -0.15) is 5.10 Å². The van der Waals surface area contributed by atoms with Gasteiger partial charge in [0.05, 0.1) is 5.69 Å². The monoisotopic (exact) mass is 500 g/mol. The van der Waals surface area contributed by atoms with E-state index in [1.807, 2.05) is 26.1 Å². The Bertz CT molecular complexity index is 766. The van der Waals surface area contributed by atoms with E-state index in [0.29, 0.717) is 0 Å². The van der Waals surface area contributed by atoms with Gasteiger partial charge < -0.3 is 15.1 Å². The maximum absolute atomic E-state index is 13.1. The average molecular weight is 500 g/mol. The topological polar surface area (TPSA) is 48.7 Å². The lowest BCUT2D eigenvalue weighted by atomic mass is 10.2. The first-order chi connectivity index (χ1) is 13.1. The quantitative estimate of drug-likeness (QED) is 0.297. The number of nitrogens with zero attached hydrogens (tertiary/aromatic N) is 5. The average Bonchev–Trinajstić information content (AvgIpc) is 3.00. The van der Waals surface area contributed by atoms with Crippen molar-refractivity contribution in [2.45, 2.75) is 26.8 Å². The number of halogens is 2. The number of anilines is 1. The highest BCUT2D eigenvalue weighted by atomic mass is 127. The first-order valence-corrected chi connectivity index (χ1v) is 9.54. The maximum Gasteiger partial charge on any atom is 0.193 e. The zero-order chi connectivity index (χ0) is 19.2. The minimum atomic E-state index is -0.192. The molecule has 1 N–H and O–H groups in total. The predicted octanol–water partition coefficient (Wildman–Crippen LogP) is 3.04. The van der Waals surface area contributed by atoms with Crippen LogP contribution >= 0.6 is 24.0 Å². The van der Waals surface area contributed by atoms with E-state index in [1.165, 1.54) is 17.8 Å². The predicted molar refractivity (Wildman–Crippen MR) is 123 cm³/mol. The summed E-state index contributed by atoms with van der Waals surface area (Å²) in [4.78, 5) is 8.99. The fourth-order valence-electron chi connectivity index (χ4n) is 3.49. The van der Waals surface area contributed by atoms with E-state index in [4.69, 9.17) is 0 Å². The second-order valence-corrected chi connectivity index (χ2v) is 6.93. The molecule has 1 aliphatic rings. The molecule has 2 aromatic rings. The molecule has 0 spiro atoms. The van der Waals surface area contributed by atoms with Crippen molar-refractivity contribution in [2.75, 3.05) is 44.7 Å². The molecule has 0 aliphatic carbocycles. The summed E-state index contributed by atoms with van der Waals surface area (Å²) < 4.78 is 15.1. The van der Waals surface area contributed by atoms with Crippen molar-refractivity contribution in [2.24, 2.45) is 4.99 Å². The fourth-order valence-corrected chi connectivity index (χ4v) is 3.49. The van der Waals surface area contributed by atoms with E-state index in [1.54, 1.807) is 0 Å². The molecule has 1 aromatic carbocycles. The zero-order valence-electron chi connectivity index (χ0n) is 16.9. The molecular weight excluding hydrogens is 470 g/mol. The Morgan fingerprint density at radius 2 is 1.82 bits per heavy atom. The Morgan fingerprint density at radius 1 is 1.14 bits per heavy atom. The van der Waals surface area contributed by atoms with E-state index in [-0.39, 0.29) is 29.8 Å². The summed E-state index contributed by atoms with van der Waals surface area (Å²) in [5.41, 5.74) is 3.34. The maximum atomic E-state index is 13.1. The standard InChI is InChI=1S/C20H29FN6.HI/c1-16-15-17(2)27(24-16)10-4-9-23-20(22-3)26-13-11-25(12-14-26)19-7-5-18(21)6-8-19;/h5-8,15H,4,9-14H2,1-3H3,(H,22,23);1H. The number of guanidine groups is 1. The molecule has 1 saturated heterocycles. The van der Waals surface area contributed by atoms with E-state index in [9.17, 15) is 4.39 Å². The number of aromatic nitrogens is 2. The molecule has 0 atom stereocenters. The molecular formula is C20H30FIN6. The second kappa shape index (κ2) is 10.6. The number of aliphatic imine (C=N–C) groups is 1. The fraction of sp³-hybridized carbons (Fsp3) is 0.500. The van der Waals surface area contributed by atoms with Crippen molar-refractivity contribution in [3.63, 3.8) is 0 Å². The number of hydrogen-bond acceptors (Lipinski definition) is 3. The van der Waals surface area contributed by atoms with Crippen molar-refractivity contribution in [3.05, 3.63) is 47.5 Å². The molecule has 1 fully saturated rings. The van der Waals surface area contributed by atoms with Crippen molar-refractivity contribution < 1.29 is 4.39 Å². The zero-order valence-corrected chi connectivity index (χ0v) is 19.2. The third-order valence-electron chi connectivity index (χ3n) is 4.92. The Balaban J connectivity index is 0.00000280. The van der Waals surface area contributed by atoms with Crippen LogP contribution in [0.15, 0.2) is 35.3 Å². The third-order valence-corrected chi connectivity index (χ3v) is 4.92. The lowest BCUT2D eigenvalue weighted by Gasteiger charge is -2.37. The van der Waals surface area contributed by atoms with Gasteiger partial charge in [-0.15, -0.1) is 24.0 Å². The number of aryl methyl sites for hydroxylation is 3. The van der Waals surface area contributed by atoms with Gasteiger partial charge in [-0.05, 0) is 50.6 Å². The van der Waals surface area contributed by atoms with Crippen LogP contribution in [0, 0.1) is 19.7 Å². The van der Waals surface area contributed by atoms with Gasteiger partial charge in [-0.1, -0.05) is 0 Å². The van der Waals surface area contributed by atoms with Crippen LogP contribution in [0.4, 0.5) is 10.1 Å².